The van der Waals surface area contributed by atoms with Crippen LogP contribution in [0, 0.1) is 35.3 Å². The zero-order valence-electron chi connectivity index (χ0n) is 30.5. The summed E-state index contributed by atoms with van der Waals surface area (Å²) in [4.78, 5) is 17.1. The maximum absolute atomic E-state index is 17.8. The third kappa shape index (κ3) is 5.56. The van der Waals surface area contributed by atoms with Gasteiger partial charge < -0.3 is 24.6 Å². The lowest BCUT2D eigenvalue weighted by Gasteiger charge is -2.45. The number of phenols is 1. The summed E-state index contributed by atoms with van der Waals surface area (Å²) in [6.45, 7) is 8.60. The summed E-state index contributed by atoms with van der Waals surface area (Å²) in [6, 6.07) is 6.10. The van der Waals surface area contributed by atoms with Crippen LogP contribution in [0.1, 0.15) is 38.2 Å². The average Bonchev–Trinajstić information content (AvgIpc) is 3.68. The van der Waals surface area contributed by atoms with E-state index in [9.17, 15) is 10.2 Å². The molecule has 4 aliphatic heterocycles. The van der Waals surface area contributed by atoms with E-state index in [1.807, 2.05) is 13.1 Å². The summed E-state index contributed by atoms with van der Waals surface area (Å²) < 4.78 is 46.6. The fourth-order valence-electron chi connectivity index (χ4n) is 9.66. The van der Waals surface area contributed by atoms with Crippen LogP contribution in [0.15, 0.2) is 30.5 Å². The number of hydrogen-bond donors (Lipinski definition) is 2. The molecule has 2 N–H and O–H groups in total. The molecule has 1 saturated carbocycles. The summed E-state index contributed by atoms with van der Waals surface area (Å²) in [7, 11) is 1.78. The molecule has 6 heterocycles. The minimum Gasteiger partial charge on any atom is -0.508 e. The van der Waals surface area contributed by atoms with Gasteiger partial charge in [-0.2, -0.15) is 15.1 Å². The highest BCUT2D eigenvalue weighted by atomic mass is 19.1. The summed E-state index contributed by atoms with van der Waals surface area (Å²) >= 11 is 0. The van der Waals surface area contributed by atoms with E-state index in [4.69, 9.17) is 31.0 Å². The van der Waals surface area contributed by atoms with Gasteiger partial charge in [-0.1, -0.05) is 12.0 Å². The normalized spacial score (nSPS) is 23.5. The van der Waals surface area contributed by atoms with Crippen LogP contribution in [0.4, 0.5) is 14.6 Å². The number of β-amino-alcohol motifs (C(OH)–C–C–N with tert-alkyl or cyclic N) is 1. The SMILES string of the molecule is C#Cc1c(F)ccc2cc(O)cc(-c3c(F)c4nc(OCC5(CN6CC(C)(O)C6)CC5)nc(N5C6CCC5CN(CC5COC5)C6)c4c4cn(C)nc34)c12. The van der Waals surface area contributed by atoms with Crippen molar-refractivity contribution in [3.63, 3.8) is 0 Å². The van der Waals surface area contributed by atoms with E-state index in [0.29, 0.717) is 58.5 Å². The molecule has 10 rings (SSSR count). The highest BCUT2D eigenvalue weighted by molar-refractivity contribution is 6.18. The lowest BCUT2D eigenvalue weighted by Crippen LogP contribution is -2.61. The fraction of sp³-hybridized carbons (Fsp3) is 0.488. The van der Waals surface area contributed by atoms with Crippen LogP contribution in [-0.4, -0.2) is 117 Å². The van der Waals surface area contributed by atoms with E-state index in [1.165, 1.54) is 24.3 Å². The number of terminal acetylenes is 1. The Kier molecular flexibility index (Phi) is 7.66. The summed E-state index contributed by atoms with van der Waals surface area (Å²) in [5, 5.41) is 27.9. The van der Waals surface area contributed by atoms with Gasteiger partial charge in [-0.15, -0.1) is 6.42 Å². The largest absolute Gasteiger partial charge is 0.508 e. The average molecular weight is 736 g/mol. The second-order valence-electron chi connectivity index (χ2n) is 16.8. The van der Waals surface area contributed by atoms with E-state index in [2.05, 4.69) is 20.6 Å². The van der Waals surface area contributed by atoms with Crippen molar-refractivity contribution in [1.29, 1.82) is 0 Å². The number of rotatable bonds is 9. The van der Waals surface area contributed by atoms with E-state index in [1.54, 1.807) is 11.7 Å². The summed E-state index contributed by atoms with van der Waals surface area (Å²) in [5.41, 5.74) is -0.0908. The second kappa shape index (κ2) is 12.2. The van der Waals surface area contributed by atoms with Gasteiger partial charge in [0.2, 0.25) is 0 Å². The van der Waals surface area contributed by atoms with Crippen molar-refractivity contribution in [1.82, 2.24) is 29.5 Å². The molecule has 0 radical (unpaired) electrons. The van der Waals surface area contributed by atoms with Gasteiger partial charge in [0.1, 0.15) is 28.4 Å². The van der Waals surface area contributed by atoms with Gasteiger partial charge in [0.05, 0.1) is 36.4 Å². The Hall–Kier alpha value is -4.61. The first kappa shape index (κ1) is 33.9. The molecule has 2 atom stereocenters. The molecular weight excluding hydrogens is 692 g/mol. The van der Waals surface area contributed by atoms with Gasteiger partial charge in [0.25, 0.3) is 0 Å². The zero-order valence-corrected chi connectivity index (χ0v) is 30.5. The minimum atomic E-state index is -0.677. The van der Waals surface area contributed by atoms with Gasteiger partial charge in [0, 0.05) is 92.3 Å². The number of piperazine rings is 1. The van der Waals surface area contributed by atoms with Gasteiger partial charge in [-0.25, -0.2) is 8.78 Å². The first-order valence-corrected chi connectivity index (χ1v) is 18.9. The Morgan fingerprint density at radius 2 is 1.80 bits per heavy atom. The van der Waals surface area contributed by atoms with Gasteiger partial charge in [0.15, 0.2) is 5.82 Å². The molecule has 11 nitrogen and oxygen atoms in total. The molecule has 0 amide bonds. The molecule has 2 aromatic heterocycles. The number of phenolic OH excluding ortho intramolecular Hbond substituents is 1. The maximum atomic E-state index is 17.8. The molecule has 13 heteroatoms. The summed E-state index contributed by atoms with van der Waals surface area (Å²) in [6.07, 6.45) is 11.6. The fourth-order valence-corrected chi connectivity index (χ4v) is 9.66. The van der Waals surface area contributed by atoms with E-state index in [0.717, 1.165) is 65.1 Å². The third-order valence-electron chi connectivity index (χ3n) is 12.3. The molecule has 2 bridgehead atoms. The number of ether oxygens (including phenoxy) is 2. The number of aromatic nitrogens is 4. The number of fused-ring (bicyclic) bond motifs is 6. The summed E-state index contributed by atoms with van der Waals surface area (Å²) in [5.74, 6) is 2.21. The van der Waals surface area contributed by atoms with Crippen molar-refractivity contribution in [2.75, 3.05) is 64.0 Å². The van der Waals surface area contributed by atoms with E-state index in [-0.39, 0.29) is 51.5 Å². The highest BCUT2D eigenvalue weighted by Gasteiger charge is 2.49. The van der Waals surface area contributed by atoms with Crippen LogP contribution < -0.4 is 9.64 Å². The lowest BCUT2D eigenvalue weighted by atomic mass is 9.91. The van der Waals surface area contributed by atoms with Crippen LogP contribution >= 0.6 is 0 Å². The number of nitrogens with zero attached hydrogens (tertiary/aromatic N) is 7. The smallest absolute Gasteiger partial charge is 0.319 e. The molecule has 0 spiro atoms. The highest BCUT2D eigenvalue weighted by Crippen LogP contribution is 2.49. The molecule has 5 aromatic rings. The molecule has 5 aliphatic rings. The molecule has 1 aliphatic carbocycles. The quantitative estimate of drug-likeness (QED) is 0.205. The van der Waals surface area contributed by atoms with Gasteiger partial charge >= 0.3 is 6.01 Å². The predicted molar refractivity (Wildman–Crippen MR) is 201 cm³/mol. The van der Waals surface area contributed by atoms with Crippen molar-refractivity contribution in [2.45, 2.75) is 50.3 Å². The van der Waals surface area contributed by atoms with E-state index >= 15 is 8.78 Å². The standard InChI is InChI=1S/C41H43F2N7O4/c1-4-28-31(42)8-5-24-11-27(51)12-29(32(24)28)33-35(43)37-34(30-16-47(3)46-36(30)33)38(50-25-6-7-26(50)15-48(14-25)13-23-17-53-18-23)45-39(44-37)54-22-41(9-10-41)21-49-19-40(2,52)20-49/h1,5,8,11-12,16,23,25-26,51-52H,6-7,9-10,13-15,17-22H2,2-3H3. The predicted octanol–water partition coefficient (Wildman–Crippen LogP) is 4.83. The van der Waals surface area contributed by atoms with Crippen molar-refractivity contribution in [3.05, 3.63) is 47.7 Å². The van der Waals surface area contributed by atoms with Crippen LogP contribution in [-0.2, 0) is 11.8 Å². The van der Waals surface area contributed by atoms with Gasteiger partial charge in [-0.3, -0.25) is 14.5 Å². The Morgan fingerprint density at radius 1 is 1.04 bits per heavy atom. The maximum Gasteiger partial charge on any atom is 0.319 e. The second-order valence-corrected chi connectivity index (χ2v) is 16.8. The molecule has 2 unspecified atom stereocenters. The van der Waals surface area contributed by atoms with Crippen molar-refractivity contribution < 1.29 is 28.5 Å². The number of likely N-dealkylation sites (tertiary alicyclic amines) is 2. The van der Waals surface area contributed by atoms with Crippen molar-refractivity contribution in [3.8, 4) is 35.2 Å². The molecular formula is C41H43F2N7O4. The number of aliphatic hydroxyl groups is 1. The van der Waals surface area contributed by atoms with Gasteiger partial charge in [-0.05, 0) is 61.8 Å². The number of aromatic hydroxyl groups is 1. The van der Waals surface area contributed by atoms with E-state index < -0.39 is 17.2 Å². The van der Waals surface area contributed by atoms with Crippen molar-refractivity contribution in [2.24, 2.45) is 18.4 Å². The van der Waals surface area contributed by atoms with Crippen LogP contribution in [0.3, 0.4) is 0 Å². The van der Waals surface area contributed by atoms with Crippen LogP contribution in [0.5, 0.6) is 11.8 Å². The van der Waals surface area contributed by atoms with Crippen LogP contribution in [0.25, 0.3) is 43.7 Å². The molecule has 3 aromatic carbocycles. The number of aryl methyl sites for hydroxylation is 1. The monoisotopic (exact) mass is 735 g/mol. The van der Waals surface area contributed by atoms with Crippen molar-refractivity contribution >= 4 is 38.4 Å². The zero-order chi connectivity index (χ0) is 37.1. The third-order valence-corrected chi connectivity index (χ3v) is 12.3. The number of benzene rings is 3. The molecule has 5 fully saturated rings. The Morgan fingerprint density at radius 3 is 2.46 bits per heavy atom. The first-order valence-electron chi connectivity index (χ1n) is 18.9. The number of halogens is 2. The lowest BCUT2D eigenvalue weighted by molar-refractivity contribution is -0.0921. The molecule has 4 saturated heterocycles. The number of anilines is 1. The topological polar surface area (TPSA) is 112 Å². The number of hydrogen-bond acceptors (Lipinski definition) is 10. The molecule has 280 valence electrons. The molecule has 54 heavy (non-hydrogen) atoms. The Bertz CT molecular complexity index is 2380. The Balaban J connectivity index is 1.14. The van der Waals surface area contributed by atoms with Crippen LogP contribution in [0.2, 0.25) is 0 Å². The first-order chi connectivity index (χ1) is 26.0. The minimum absolute atomic E-state index is 0.0279. The Labute approximate surface area is 311 Å².